The van der Waals surface area contributed by atoms with Crippen LogP contribution < -0.4 is 24.8 Å². The van der Waals surface area contributed by atoms with Crippen LogP contribution in [-0.4, -0.2) is 33.0 Å². The van der Waals surface area contributed by atoms with Crippen LogP contribution in [0.25, 0.3) is 11.1 Å². The van der Waals surface area contributed by atoms with E-state index in [0.29, 0.717) is 22.8 Å². The van der Waals surface area contributed by atoms with Crippen molar-refractivity contribution in [2.45, 2.75) is 31.8 Å². The summed E-state index contributed by atoms with van der Waals surface area (Å²) in [5.41, 5.74) is 10.1. The largest absolute Gasteiger partial charge is 0.497 e. The predicted molar refractivity (Wildman–Crippen MR) is 209 cm³/mol. The van der Waals surface area contributed by atoms with Gasteiger partial charge in [-0.1, -0.05) is 120 Å². The van der Waals surface area contributed by atoms with E-state index in [1.165, 1.54) is 0 Å². The van der Waals surface area contributed by atoms with Gasteiger partial charge in [-0.15, -0.1) is 0 Å². The minimum atomic E-state index is -0.670. The van der Waals surface area contributed by atoms with Crippen LogP contribution in [0.3, 0.4) is 0 Å². The minimum Gasteiger partial charge on any atom is -0.497 e. The molecule has 7 rings (SSSR count). The van der Waals surface area contributed by atoms with E-state index < -0.39 is 24.3 Å². The lowest BCUT2D eigenvalue weighted by Gasteiger charge is -2.23. The lowest BCUT2D eigenvalue weighted by Crippen LogP contribution is -2.32. The molecule has 0 aliphatic heterocycles. The molecule has 0 saturated heterocycles. The second-order valence-electron chi connectivity index (χ2n) is 13.4. The summed E-state index contributed by atoms with van der Waals surface area (Å²) in [5.74, 6) is 1.39. The molecule has 1 unspecified atom stereocenters. The van der Waals surface area contributed by atoms with Gasteiger partial charge < -0.3 is 29.6 Å². The summed E-state index contributed by atoms with van der Waals surface area (Å²) >= 11 is 0. The average Bonchev–Trinajstić information content (AvgIpc) is 3.52. The van der Waals surface area contributed by atoms with E-state index in [1.807, 2.05) is 98.8 Å². The van der Waals surface area contributed by atoms with Crippen molar-refractivity contribution in [1.29, 1.82) is 0 Å². The maximum Gasteiger partial charge on any atom is 0.413 e. The Labute approximate surface area is 315 Å². The Hall–Kier alpha value is -6.54. The van der Waals surface area contributed by atoms with Gasteiger partial charge >= 0.3 is 12.2 Å². The normalized spacial score (nSPS) is 12.3. The Balaban J connectivity index is 1.09. The Bertz CT molecular complexity index is 2160. The molecule has 8 heteroatoms. The van der Waals surface area contributed by atoms with Crippen molar-refractivity contribution in [2.75, 3.05) is 20.8 Å². The number of methoxy groups -OCH3 is 2. The minimum absolute atomic E-state index is 0.0867. The molecular formula is C46H42N2O6. The van der Waals surface area contributed by atoms with E-state index in [4.69, 9.17) is 18.9 Å². The highest BCUT2D eigenvalue weighted by molar-refractivity contribution is 5.79. The number of ether oxygens (including phenoxy) is 4. The van der Waals surface area contributed by atoms with Gasteiger partial charge in [-0.25, -0.2) is 9.59 Å². The topological polar surface area (TPSA) is 95.1 Å². The molecule has 6 aromatic rings. The monoisotopic (exact) mass is 718 g/mol. The molecule has 8 nitrogen and oxygen atoms in total. The molecule has 2 N–H and O–H groups in total. The fourth-order valence-electron chi connectivity index (χ4n) is 7.02. The van der Waals surface area contributed by atoms with Crippen molar-refractivity contribution in [2.24, 2.45) is 0 Å². The maximum atomic E-state index is 13.6. The molecule has 54 heavy (non-hydrogen) atoms. The second kappa shape index (κ2) is 16.0. The van der Waals surface area contributed by atoms with Crippen LogP contribution in [0.15, 0.2) is 140 Å². The molecule has 0 radical (unpaired) electrons. The number of carbonyl (C=O) groups excluding carboxylic acids is 2. The summed E-state index contributed by atoms with van der Waals surface area (Å²) < 4.78 is 22.9. The number of amides is 2. The van der Waals surface area contributed by atoms with Gasteiger partial charge in [0.05, 0.1) is 26.3 Å². The van der Waals surface area contributed by atoms with E-state index in [2.05, 4.69) is 34.9 Å². The third kappa shape index (κ3) is 7.78. The number of fused-ring (bicyclic) bond motifs is 3. The average molecular weight is 719 g/mol. The third-order valence-electron chi connectivity index (χ3n) is 9.87. The van der Waals surface area contributed by atoms with Crippen molar-refractivity contribution in [3.05, 3.63) is 184 Å². The maximum absolute atomic E-state index is 13.6. The molecule has 0 fully saturated rings. The first-order chi connectivity index (χ1) is 26.3. The summed E-state index contributed by atoms with van der Waals surface area (Å²) in [6, 6.07) is 43.9. The highest BCUT2D eigenvalue weighted by atomic mass is 16.6. The number of rotatable bonds is 11. The third-order valence-corrected chi connectivity index (χ3v) is 9.87. The number of aryl methyl sites for hydroxylation is 2. The van der Waals surface area contributed by atoms with Crippen molar-refractivity contribution in [1.82, 2.24) is 10.6 Å². The van der Waals surface area contributed by atoms with Gasteiger partial charge in [0.1, 0.15) is 23.9 Å². The van der Waals surface area contributed by atoms with Crippen LogP contribution in [0.4, 0.5) is 9.59 Å². The lowest BCUT2D eigenvalue weighted by atomic mass is 9.97. The number of benzene rings is 6. The van der Waals surface area contributed by atoms with Crippen molar-refractivity contribution >= 4 is 12.2 Å². The van der Waals surface area contributed by atoms with Crippen LogP contribution in [0.5, 0.6) is 17.2 Å². The molecule has 0 bridgehead atoms. The van der Waals surface area contributed by atoms with Crippen LogP contribution >= 0.6 is 0 Å². The SMILES string of the molecule is COc1ccc(C(NC(=O)OCC2c3ccccc3-c3ccccc32)c2ccc(OC(=O)NC(c3ccc(C)cc3)c3ccc(C)cc3)cc2)c(OC)c1. The molecule has 1 aliphatic carbocycles. The summed E-state index contributed by atoms with van der Waals surface area (Å²) in [6.45, 7) is 4.22. The summed E-state index contributed by atoms with van der Waals surface area (Å²) in [7, 11) is 3.15. The van der Waals surface area contributed by atoms with Crippen molar-refractivity contribution in [3.8, 4) is 28.4 Å². The number of nitrogens with one attached hydrogen (secondary N) is 2. The zero-order chi connectivity index (χ0) is 37.6. The molecule has 272 valence electrons. The highest BCUT2D eigenvalue weighted by Gasteiger charge is 2.30. The lowest BCUT2D eigenvalue weighted by molar-refractivity contribution is 0.140. The standard InChI is InChI=1S/C46H42N2O6/c1-29-13-17-31(18-14-29)43(32-19-15-30(2)16-20-32)47-46(50)54-34-23-21-33(22-24-34)44(40-26-25-35(51-3)27-42(40)52-4)48-45(49)53-28-41-38-11-7-5-9-36(38)37-10-6-8-12-39(37)41/h5-27,41,43-44H,28H2,1-4H3,(H,47,50)(H,48,49). The number of carbonyl (C=O) groups is 2. The molecule has 2 amide bonds. The first-order valence-electron chi connectivity index (χ1n) is 17.9. The Morgan fingerprint density at radius 1 is 0.574 bits per heavy atom. The summed E-state index contributed by atoms with van der Waals surface area (Å²) in [5, 5.41) is 6.10. The van der Waals surface area contributed by atoms with Crippen LogP contribution in [0.1, 0.15) is 62.5 Å². The molecule has 0 spiro atoms. The van der Waals surface area contributed by atoms with Gasteiger partial charge in [0.2, 0.25) is 0 Å². The molecular weight excluding hydrogens is 677 g/mol. The highest BCUT2D eigenvalue weighted by Crippen LogP contribution is 2.44. The zero-order valence-electron chi connectivity index (χ0n) is 30.7. The first kappa shape index (κ1) is 35.8. The smallest absolute Gasteiger partial charge is 0.413 e. The van der Waals surface area contributed by atoms with Gasteiger partial charge in [0.15, 0.2) is 0 Å². The van der Waals surface area contributed by atoms with Crippen LogP contribution in [0.2, 0.25) is 0 Å². The van der Waals surface area contributed by atoms with Gasteiger partial charge in [-0.05, 0) is 77.1 Å². The molecule has 1 atom stereocenters. The molecule has 1 aliphatic rings. The van der Waals surface area contributed by atoms with Gasteiger partial charge in [0, 0.05) is 17.5 Å². The molecule has 0 saturated carbocycles. The number of hydrogen-bond acceptors (Lipinski definition) is 6. The Kier molecular flexibility index (Phi) is 10.6. The Morgan fingerprint density at radius 2 is 1.07 bits per heavy atom. The zero-order valence-corrected chi connectivity index (χ0v) is 30.7. The van der Waals surface area contributed by atoms with Crippen molar-refractivity contribution < 1.29 is 28.5 Å². The van der Waals surface area contributed by atoms with Crippen LogP contribution in [0, 0.1) is 13.8 Å². The number of alkyl carbamates (subject to hydrolysis) is 1. The molecule has 6 aromatic carbocycles. The van der Waals surface area contributed by atoms with Gasteiger partial charge in [-0.3, -0.25) is 0 Å². The van der Waals surface area contributed by atoms with E-state index in [0.717, 1.165) is 50.1 Å². The quantitative estimate of drug-likeness (QED) is 0.139. The summed E-state index contributed by atoms with van der Waals surface area (Å²) in [4.78, 5) is 26.9. The van der Waals surface area contributed by atoms with E-state index in [1.54, 1.807) is 44.6 Å². The van der Waals surface area contributed by atoms with Gasteiger partial charge in [-0.2, -0.15) is 0 Å². The van der Waals surface area contributed by atoms with E-state index in [9.17, 15) is 9.59 Å². The number of hydrogen-bond donors (Lipinski definition) is 2. The predicted octanol–water partition coefficient (Wildman–Crippen LogP) is 9.83. The van der Waals surface area contributed by atoms with E-state index >= 15 is 0 Å². The summed E-state index contributed by atoms with van der Waals surface area (Å²) in [6.07, 6.45) is -1.18. The Morgan fingerprint density at radius 3 is 1.63 bits per heavy atom. The van der Waals surface area contributed by atoms with Crippen LogP contribution in [-0.2, 0) is 4.74 Å². The van der Waals surface area contributed by atoms with E-state index in [-0.39, 0.29) is 12.5 Å². The fraction of sp³-hybridized carbons (Fsp3) is 0.174. The fourth-order valence-corrected chi connectivity index (χ4v) is 7.02. The van der Waals surface area contributed by atoms with Gasteiger partial charge in [0.25, 0.3) is 0 Å². The van der Waals surface area contributed by atoms with Crippen molar-refractivity contribution in [3.63, 3.8) is 0 Å². The molecule has 0 aromatic heterocycles. The second-order valence-corrected chi connectivity index (χ2v) is 13.4. The first-order valence-corrected chi connectivity index (χ1v) is 17.9. The molecule has 0 heterocycles.